The van der Waals surface area contributed by atoms with Gasteiger partial charge in [0.1, 0.15) is 0 Å². The van der Waals surface area contributed by atoms with Crippen LogP contribution in [0.4, 0.5) is 0 Å². The zero-order valence-corrected chi connectivity index (χ0v) is 10.7. The van der Waals surface area contributed by atoms with Crippen LogP contribution in [0.15, 0.2) is 11.6 Å². The number of rotatable bonds is 1. The molecule has 0 unspecified atom stereocenters. The van der Waals surface area contributed by atoms with Gasteiger partial charge in [0.2, 0.25) is 0 Å². The van der Waals surface area contributed by atoms with Crippen LogP contribution in [0.3, 0.4) is 0 Å². The Morgan fingerprint density at radius 1 is 1.24 bits per heavy atom. The summed E-state index contributed by atoms with van der Waals surface area (Å²) in [5.74, 6) is 1.31. The molecule has 4 aliphatic rings. The summed E-state index contributed by atoms with van der Waals surface area (Å²) in [7, 11) is 0. The molecule has 3 fully saturated rings. The van der Waals surface area contributed by atoms with Gasteiger partial charge >= 0.3 is 0 Å². The SMILES string of the molecule is CC1([C@@]23CCC[C@@H](C2)C2=CCC[C@@H]23)OCCO1. The van der Waals surface area contributed by atoms with Gasteiger partial charge in [0.05, 0.1) is 13.2 Å². The van der Waals surface area contributed by atoms with E-state index >= 15 is 0 Å². The van der Waals surface area contributed by atoms with Gasteiger partial charge in [-0.25, -0.2) is 0 Å². The summed E-state index contributed by atoms with van der Waals surface area (Å²) in [5.41, 5.74) is 2.07. The molecule has 2 bridgehead atoms. The Kier molecular flexibility index (Phi) is 2.09. The summed E-state index contributed by atoms with van der Waals surface area (Å²) in [6.07, 6.45) is 10.5. The predicted octanol–water partition coefficient (Wildman–Crippen LogP) is 3.28. The minimum absolute atomic E-state index is 0.295. The third-order valence-electron chi connectivity index (χ3n) is 5.91. The van der Waals surface area contributed by atoms with Gasteiger partial charge in [0.25, 0.3) is 0 Å². The molecule has 2 saturated carbocycles. The molecule has 3 aliphatic carbocycles. The van der Waals surface area contributed by atoms with E-state index in [2.05, 4.69) is 13.0 Å². The first-order valence-corrected chi connectivity index (χ1v) is 7.23. The lowest BCUT2D eigenvalue weighted by molar-refractivity contribution is -0.242. The highest BCUT2D eigenvalue weighted by Gasteiger charge is 2.63. The molecule has 94 valence electrons. The highest BCUT2D eigenvalue weighted by atomic mass is 16.7. The molecule has 4 rings (SSSR count). The topological polar surface area (TPSA) is 18.5 Å². The lowest BCUT2D eigenvalue weighted by Crippen LogP contribution is -2.50. The van der Waals surface area contributed by atoms with E-state index in [1.807, 2.05) is 0 Å². The molecule has 1 heterocycles. The first-order valence-electron chi connectivity index (χ1n) is 7.23. The number of fused-ring (bicyclic) bond motifs is 5. The number of allylic oxidation sites excluding steroid dienone is 2. The second-order valence-corrected chi connectivity index (χ2v) is 6.43. The molecule has 2 nitrogen and oxygen atoms in total. The first kappa shape index (κ1) is 10.6. The molecule has 2 heteroatoms. The van der Waals surface area contributed by atoms with Crippen molar-refractivity contribution in [2.75, 3.05) is 13.2 Å². The maximum absolute atomic E-state index is 6.06. The lowest BCUT2D eigenvalue weighted by atomic mass is 9.65. The molecule has 1 aliphatic heterocycles. The van der Waals surface area contributed by atoms with Gasteiger partial charge in [-0.1, -0.05) is 18.1 Å². The minimum Gasteiger partial charge on any atom is -0.347 e. The van der Waals surface area contributed by atoms with Crippen molar-refractivity contribution in [3.63, 3.8) is 0 Å². The molecule has 3 atom stereocenters. The third-order valence-corrected chi connectivity index (χ3v) is 5.91. The van der Waals surface area contributed by atoms with E-state index < -0.39 is 0 Å². The molecule has 0 N–H and O–H groups in total. The fraction of sp³-hybridized carbons (Fsp3) is 0.867. The van der Waals surface area contributed by atoms with E-state index in [1.165, 1.54) is 38.5 Å². The van der Waals surface area contributed by atoms with E-state index in [0.717, 1.165) is 25.0 Å². The summed E-state index contributed by atoms with van der Waals surface area (Å²) in [5, 5.41) is 0. The van der Waals surface area contributed by atoms with Crippen LogP contribution in [-0.4, -0.2) is 19.0 Å². The average molecular weight is 234 g/mol. The van der Waals surface area contributed by atoms with Crippen molar-refractivity contribution in [2.24, 2.45) is 17.3 Å². The zero-order valence-electron chi connectivity index (χ0n) is 10.7. The normalized spacial score (nSPS) is 47.0. The van der Waals surface area contributed by atoms with Crippen molar-refractivity contribution < 1.29 is 9.47 Å². The monoisotopic (exact) mass is 234 g/mol. The van der Waals surface area contributed by atoms with E-state index in [1.54, 1.807) is 5.57 Å². The van der Waals surface area contributed by atoms with E-state index in [-0.39, 0.29) is 5.79 Å². The van der Waals surface area contributed by atoms with Gasteiger partial charge in [-0.05, 0) is 50.9 Å². The summed E-state index contributed by atoms with van der Waals surface area (Å²) in [4.78, 5) is 0. The predicted molar refractivity (Wildman–Crippen MR) is 65.5 cm³/mol. The number of hydrogen-bond donors (Lipinski definition) is 0. The standard InChI is InChI=1S/C15H22O2/c1-14(16-8-9-17-14)15-7-3-4-11(10-15)12-5-2-6-13(12)15/h5,11,13H,2-4,6-10H2,1H3/t11-,13-,15-/m0/s1. The van der Waals surface area contributed by atoms with Crippen molar-refractivity contribution in [1.29, 1.82) is 0 Å². The Morgan fingerprint density at radius 3 is 2.88 bits per heavy atom. The van der Waals surface area contributed by atoms with E-state index in [0.29, 0.717) is 5.41 Å². The van der Waals surface area contributed by atoms with Crippen LogP contribution in [0, 0.1) is 17.3 Å². The maximum Gasteiger partial charge on any atom is 0.171 e. The third kappa shape index (κ3) is 1.18. The second-order valence-electron chi connectivity index (χ2n) is 6.43. The molecule has 0 spiro atoms. The van der Waals surface area contributed by atoms with Crippen LogP contribution in [0.1, 0.15) is 45.4 Å². The molecular formula is C15H22O2. The van der Waals surface area contributed by atoms with Crippen LogP contribution in [-0.2, 0) is 9.47 Å². The van der Waals surface area contributed by atoms with Gasteiger partial charge in [-0.15, -0.1) is 0 Å². The minimum atomic E-state index is -0.295. The fourth-order valence-electron chi connectivity index (χ4n) is 5.21. The lowest BCUT2D eigenvalue weighted by Gasteiger charge is -2.47. The molecular weight excluding hydrogens is 212 g/mol. The second kappa shape index (κ2) is 3.36. The van der Waals surface area contributed by atoms with Crippen LogP contribution in [0.5, 0.6) is 0 Å². The van der Waals surface area contributed by atoms with Gasteiger partial charge in [0.15, 0.2) is 5.79 Å². The van der Waals surface area contributed by atoms with Crippen LogP contribution in [0.25, 0.3) is 0 Å². The fourth-order valence-corrected chi connectivity index (χ4v) is 5.21. The van der Waals surface area contributed by atoms with Crippen molar-refractivity contribution in [3.05, 3.63) is 11.6 Å². The average Bonchev–Trinajstić information content (AvgIpc) is 3.01. The molecule has 0 aromatic heterocycles. The Hall–Kier alpha value is -0.340. The van der Waals surface area contributed by atoms with Gasteiger partial charge in [-0.2, -0.15) is 0 Å². The summed E-state index contributed by atoms with van der Waals surface area (Å²) in [6.45, 7) is 3.78. The summed E-state index contributed by atoms with van der Waals surface area (Å²) >= 11 is 0. The van der Waals surface area contributed by atoms with Crippen molar-refractivity contribution >= 4 is 0 Å². The van der Waals surface area contributed by atoms with Gasteiger partial charge in [-0.3, -0.25) is 0 Å². The highest BCUT2D eigenvalue weighted by Crippen LogP contribution is 2.66. The van der Waals surface area contributed by atoms with Gasteiger partial charge < -0.3 is 9.47 Å². The van der Waals surface area contributed by atoms with Crippen LogP contribution < -0.4 is 0 Å². The Morgan fingerprint density at radius 2 is 2.06 bits per heavy atom. The van der Waals surface area contributed by atoms with Crippen molar-refractivity contribution in [2.45, 2.75) is 51.2 Å². The number of ether oxygens (including phenoxy) is 2. The summed E-state index contributed by atoms with van der Waals surface area (Å²) < 4.78 is 12.1. The number of hydrogen-bond acceptors (Lipinski definition) is 2. The molecule has 0 aromatic rings. The largest absolute Gasteiger partial charge is 0.347 e. The first-order chi connectivity index (χ1) is 8.25. The van der Waals surface area contributed by atoms with E-state index in [9.17, 15) is 0 Å². The zero-order chi connectivity index (χ0) is 11.5. The molecule has 1 saturated heterocycles. The van der Waals surface area contributed by atoms with E-state index in [4.69, 9.17) is 9.47 Å². The molecule has 0 radical (unpaired) electrons. The van der Waals surface area contributed by atoms with Gasteiger partial charge in [0, 0.05) is 5.41 Å². The maximum atomic E-state index is 6.06. The van der Waals surface area contributed by atoms with Crippen molar-refractivity contribution in [3.8, 4) is 0 Å². The van der Waals surface area contributed by atoms with Crippen molar-refractivity contribution in [1.82, 2.24) is 0 Å². The molecule has 0 amide bonds. The molecule has 0 aromatic carbocycles. The highest BCUT2D eigenvalue weighted by molar-refractivity contribution is 5.29. The Labute approximate surface area is 103 Å². The Balaban J connectivity index is 1.79. The molecule has 17 heavy (non-hydrogen) atoms. The summed E-state index contributed by atoms with van der Waals surface area (Å²) in [6, 6.07) is 0. The van der Waals surface area contributed by atoms with Crippen LogP contribution >= 0.6 is 0 Å². The smallest absolute Gasteiger partial charge is 0.171 e. The van der Waals surface area contributed by atoms with Crippen LogP contribution in [0.2, 0.25) is 0 Å². The Bertz CT molecular complexity index is 367. The quantitative estimate of drug-likeness (QED) is 0.648.